The number of hydrogen-bond acceptors (Lipinski definition) is 1. The van der Waals surface area contributed by atoms with Crippen LogP contribution in [-0.2, 0) is 6.42 Å². The van der Waals surface area contributed by atoms with Gasteiger partial charge in [-0.25, -0.2) is 4.39 Å². The number of likely N-dealkylation sites (N-methyl/N-ethyl adjacent to an activating group) is 1. The summed E-state index contributed by atoms with van der Waals surface area (Å²) in [6, 6.07) is 7.55. The van der Waals surface area contributed by atoms with Crippen molar-refractivity contribution in [2.75, 3.05) is 13.6 Å². The lowest BCUT2D eigenvalue weighted by atomic mass is 9.96. The highest BCUT2D eigenvalue weighted by molar-refractivity contribution is 5.17. The van der Waals surface area contributed by atoms with Crippen LogP contribution >= 0.6 is 0 Å². The van der Waals surface area contributed by atoms with Crippen LogP contribution in [0, 0.1) is 5.82 Å². The molecule has 82 valence electrons. The van der Waals surface area contributed by atoms with Gasteiger partial charge in [-0.3, -0.25) is 0 Å². The lowest BCUT2D eigenvalue weighted by Gasteiger charge is -2.32. The predicted molar refractivity (Wildman–Crippen MR) is 60.4 cm³/mol. The summed E-state index contributed by atoms with van der Waals surface area (Å²) in [6.45, 7) is 1.20. The molecule has 0 bridgehead atoms. The van der Waals surface area contributed by atoms with Crippen LogP contribution in [-0.4, -0.2) is 24.5 Å². The number of piperidine rings is 1. The van der Waals surface area contributed by atoms with Gasteiger partial charge >= 0.3 is 0 Å². The minimum Gasteiger partial charge on any atom is -0.303 e. The molecule has 1 aliphatic heterocycles. The molecule has 0 aliphatic carbocycles. The fraction of sp³-hybridized carbons (Fsp3) is 0.538. The Kier molecular flexibility index (Phi) is 3.37. The minimum absolute atomic E-state index is 0.143. The highest BCUT2D eigenvalue weighted by Crippen LogP contribution is 2.19. The molecule has 0 radical (unpaired) electrons. The Morgan fingerprint density at radius 1 is 1.27 bits per heavy atom. The number of nitrogens with zero attached hydrogens (tertiary/aromatic N) is 1. The molecule has 15 heavy (non-hydrogen) atoms. The fourth-order valence-electron chi connectivity index (χ4n) is 2.29. The molecular formula is C13H18FN. The molecule has 1 nitrogen and oxygen atoms in total. The summed E-state index contributed by atoms with van der Waals surface area (Å²) in [6.07, 6.45) is 4.97. The van der Waals surface area contributed by atoms with E-state index in [1.165, 1.54) is 31.4 Å². The van der Waals surface area contributed by atoms with Crippen LogP contribution in [0.15, 0.2) is 24.3 Å². The first-order valence-electron chi connectivity index (χ1n) is 5.70. The average Bonchev–Trinajstić information content (AvgIpc) is 2.25. The molecule has 1 heterocycles. The molecule has 1 fully saturated rings. The molecule has 1 aliphatic rings. The quantitative estimate of drug-likeness (QED) is 0.720. The summed E-state index contributed by atoms with van der Waals surface area (Å²) >= 11 is 0. The summed E-state index contributed by atoms with van der Waals surface area (Å²) in [7, 11) is 2.19. The number of likely N-dealkylation sites (tertiary alicyclic amines) is 1. The third-order valence-corrected chi connectivity index (χ3v) is 3.31. The Bertz CT molecular complexity index is 307. The number of rotatable bonds is 2. The summed E-state index contributed by atoms with van der Waals surface area (Å²) in [5.74, 6) is -0.143. The van der Waals surface area contributed by atoms with Crippen molar-refractivity contribution in [2.45, 2.75) is 31.7 Å². The lowest BCUT2D eigenvalue weighted by molar-refractivity contribution is 0.184. The summed E-state index contributed by atoms with van der Waals surface area (Å²) in [4.78, 5) is 2.42. The second kappa shape index (κ2) is 4.75. The number of halogens is 1. The summed E-state index contributed by atoms with van der Waals surface area (Å²) in [5.41, 5.74) is 1.25. The molecule has 2 heteroatoms. The zero-order chi connectivity index (χ0) is 10.7. The van der Waals surface area contributed by atoms with Crippen LogP contribution in [0.5, 0.6) is 0 Å². The van der Waals surface area contributed by atoms with E-state index in [2.05, 4.69) is 11.9 Å². The van der Waals surface area contributed by atoms with E-state index in [1.807, 2.05) is 12.1 Å². The average molecular weight is 207 g/mol. The molecule has 0 N–H and O–H groups in total. The Hall–Kier alpha value is -0.890. The maximum Gasteiger partial charge on any atom is 0.123 e. The third kappa shape index (κ3) is 2.78. The van der Waals surface area contributed by atoms with Crippen molar-refractivity contribution in [1.82, 2.24) is 4.90 Å². The highest BCUT2D eigenvalue weighted by Gasteiger charge is 2.18. The Labute approximate surface area is 90.9 Å². The Morgan fingerprint density at radius 2 is 2.00 bits per heavy atom. The van der Waals surface area contributed by atoms with E-state index in [9.17, 15) is 4.39 Å². The van der Waals surface area contributed by atoms with Gasteiger partial charge in [0.05, 0.1) is 0 Å². The lowest BCUT2D eigenvalue weighted by Crippen LogP contribution is -2.37. The standard InChI is InChI=1S/C13H18FN/c1-15-9-3-2-4-13(15)10-11-5-7-12(14)8-6-11/h5-8,13H,2-4,9-10H2,1H3. The van der Waals surface area contributed by atoms with E-state index < -0.39 is 0 Å². The van der Waals surface area contributed by atoms with Crippen molar-refractivity contribution in [3.63, 3.8) is 0 Å². The first-order valence-corrected chi connectivity index (χ1v) is 5.70. The van der Waals surface area contributed by atoms with Crippen molar-refractivity contribution in [2.24, 2.45) is 0 Å². The van der Waals surface area contributed by atoms with Crippen molar-refractivity contribution in [3.05, 3.63) is 35.6 Å². The van der Waals surface area contributed by atoms with Gasteiger partial charge in [0.1, 0.15) is 5.82 Å². The van der Waals surface area contributed by atoms with E-state index in [1.54, 1.807) is 12.1 Å². The Balaban J connectivity index is 1.98. The normalized spacial score (nSPS) is 22.9. The molecule has 0 spiro atoms. The fourth-order valence-corrected chi connectivity index (χ4v) is 2.29. The summed E-state index contributed by atoms with van der Waals surface area (Å²) < 4.78 is 12.7. The maximum atomic E-state index is 12.7. The highest BCUT2D eigenvalue weighted by atomic mass is 19.1. The van der Waals surface area contributed by atoms with Crippen LogP contribution in [0.25, 0.3) is 0 Å². The SMILES string of the molecule is CN1CCCCC1Cc1ccc(F)cc1. The van der Waals surface area contributed by atoms with Crippen molar-refractivity contribution >= 4 is 0 Å². The minimum atomic E-state index is -0.143. The van der Waals surface area contributed by atoms with Crippen LogP contribution in [0.4, 0.5) is 4.39 Å². The van der Waals surface area contributed by atoms with Crippen molar-refractivity contribution in [1.29, 1.82) is 0 Å². The molecule has 1 saturated heterocycles. The van der Waals surface area contributed by atoms with E-state index >= 15 is 0 Å². The van der Waals surface area contributed by atoms with Crippen molar-refractivity contribution in [3.8, 4) is 0 Å². The topological polar surface area (TPSA) is 3.24 Å². The Morgan fingerprint density at radius 3 is 2.67 bits per heavy atom. The van der Waals surface area contributed by atoms with Gasteiger partial charge in [-0.15, -0.1) is 0 Å². The van der Waals surface area contributed by atoms with Crippen LogP contribution < -0.4 is 0 Å². The maximum absolute atomic E-state index is 12.7. The molecule has 1 atom stereocenters. The first-order chi connectivity index (χ1) is 7.25. The second-order valence-electron chi connectivity index (χ2n) is 4.46. The van der Waals surface area contributed by atoms with Gasteiger partial charge < -0.3 is 4.90 Å². The molecule has 1 aromatic rings. The first kappa shape index (κ1) is 10.6. The van der Waals surface area contributed by atoms with Gasteiger partial charge in [-0.2, -0.15) is 0 Å². The van der Waals surface area contributed by atoms with Gasteiger partial charge in [-0.05, 0) is 50.6 Å². The van der Waals surface area contributed by atoms with Gasteiger partial charge in [0.25, 0.3) is 0 Å². The van der Waals surface area contributed by atoms with E-state index in [0.717, 1.165) is 6.42 Å². The predicted octanol–water partition coefficient (Wildman–Crippen LogP) is 2.85. The number of benzene rings is 1. The number of hydrogen-bond donors (Lipinski definition) is 0. The molecule has 0 aromatic heterocycles. The van der Waals surface area contributed by atoms with Crippen LogP contribution in [0.2, 0.25) is 0 Å². The molecule has 1 unspecified atom stereocenters. The zero-order valence-electron chi connectivity index (χ0n) is 9.25. The molecular weight excluding hydrogens is 189 g/mol. The van der Waals surface area contributed by atoms with Gasteiger partial charge in [0.15, 0.2) is 0 Å². The smallest absolute Gasteiger partial charge is 0.123 e. The van der Waals surface area contributed by atoms with Gasteiger partial charge in [0, 0.05) is 6.04 Å². The molecule has 0 amide bonds. The van der Waals surface area contributed by atoms with Crippen molar-refractivity contribution < 1.29 is 4.39 Å². The van der Waals surface area contributed by atoms with Gasteiger partial charge in [0.2, 0.25) is 0 Å². The molecule has 0 saturated carbocycles. The molecule has 1 aromatic carbocycles. The zero-order valence-corrected chi connectivity index (χ0v) is 9.25. The van der Waals surface area contributed by atoms with Gasteiger partial charge in [-0.1, -0.05) is 18.6 Å². The third-order valence-electron chi connectivity index (χ3n) is 3.31. The van der Waals surface area contributed by atoms with Crippen LogP contribution in [0.1, 0.15) is 24.8 Å². The largest absolute Gasteiger partial charge is 0.303 e. The second-order valence-corrected chi connectivity index (χ2v) is 4.46. The van der Waals surface area contributed by atoms with E-state index in [0.29, 0.717) is 6.04 Å². The molecule has 2 rings (SSSR count). The summed E-state index contributed by atoms with van der Waals surface area (Å²) in [5, 5.41) is 0. The van der Waals surface area contributed by atoms with Crippen LogP contribution in [0.3, 0.4) is 0 Å². The monoisotopic (exact) mass is 207 g/mol. The van der Waals surface area contributed by atoms with E-state index in [4.69, 9.17) is 0 Å². The van der Waals surface area contributed by atoms with E-state index in [-0.39, 0.29) is 5.82 Å².